The van der Waals surface area contributed by atoms with E-state index < -0.39 is 0 Å². The van der Waals surface area contributed by atoms with Gasteiger partial charge in [-0.1, -0.05) is 59.4 Å². The zero-order valence-corrected chi connectivity index (χ0v) is 17.7. The Balaban J connectivity index is 1.39. The fraction of sp³-hybridized carbons (Fsp3) is 0.304. The van der Waals surface area contributed by atoms with Crippen LogP contribution in [0.3, 0.4) is 0 Å². The molecular formula is C23H24N4O2S. The Kier molecular flexibility index (Phi) is 6.18. The molecule has 7 heteroatoms. The number of nitrogens with zero attached hydrogens (tertiary/aromatic N) is 3. The monoisotopic (exact) mass is 420 g/mol. The summed E-state index contributed by atoms with van der Waals surface area (Å²) in [5.41, 5.74) is 3.01. The number of nitrogens with one attached hydrogen (secondary N) is 1. The highest BCUT2D eigenvalue weighted by atomic mass is 32.1. The van der Waals surface area contributed by atoms with Crippen molar-refractivity contribution in [3.05, 3.63) is 75.7 Å². The van der Waals surface area contributed by atoms with E-state index in [0.29, 0.717) is 11.4 Å². The number of benzene rings is 2. The van der Waals surface area contributed by atoms with Gasteiger partial charge >= 0.3 is 0 Å². The van der Waals surface area contributed by atoms with Crippen LogP contribution in [0.15, 0.2) is 54.6 Å². The molecule has 0 aliphatic carbocycles. The van der Waals surface area contributed by atoms with E-state index in [2.05, 4.69) is 15.5 Å². The number of amides is 2. The molecule has 0 saturated carbocycles. The molecule has 154 valence electrons. The van der Waals surface area contributed by atoms with Crippen LogP contribution in [0.25, 0.3) is 0 Å². The molecule has 1 N–H and O–H groups in total. The third kappa shape index (κ3) is 4.74. The van der Waals surface area contributed by atoms with Crippen molar-refractivity contribution < 1.29 is 9.59 Å². The molecule has 4 rings (SSSR count). The second-order valence-corrected chi connectivity index (χ2v) is 8.51. The molecule has 1 fully saturated rings. The van der Waals surface area contributed by atoms with Gasteiger partial charge in [0.25, 0.3) is 5.91 Å². The normalized spacial score (nSPS) is 15.9. The van der Waals surface area contributed by atoms with E-state index in [-0.39, 0.29) is 17.9 Å². The zero-order chi connectivity index (χ0) is 20.9. The standard InChI is InChI=1S/C23H24N4O2S/c1-16-9-12-18(13-10-16)24-21(29)23-26-25-22(30-23)19-8-5-15-27(19)20(28)14-11-17-6-3-2-4-7-17/h2-4,6-7,9-10,12-13,19H,5,8,11,14-15H2,1H3,(H,24,29)/t19-/m1/s1. The maximum absolute atomic E-state index is 12.8. The number of likely N-dealkylation sites (tertiary alicyclic amines) is 1. The Labute approximate surface area is 180 Å². The van der Waals surface area contributed by atoms with Gasteiger partial charge in [-0.2, -0.15) is 0 Å². The van der Waals surface area contributed by atoms with E-state index >= 15 is 0 Å². The lowest BCUT2D eigenvalue weighted by Gasteiger charge is -2.22. The molecule has 30 heavy (non-hydrogen) atoms. The summed E-state index contributed by atoms with van der Waals surface area (Å²) < 4.78 is 0. The molecule has 0 bridgehead atoms. The van der Waals surface area contributed by atoms with Crippen molar-refractivity contribution in [2.24, 2.45) is 0 Å². The van der Waals surface area contributed by atoms with E-state index in [0.717, 1.165) is 47.6 Å². The summed E-state index contributed by atoms with van der Waals surface area (Å²) in [4.78, 5) is 27.2. The van der Waals surface area contributed by atoms with Gasteiger partial charge < -0.3 is 10.2 Å². The minimum atomic E-state index is -0.275. The Morgan fingerprint density at radius 2 is 1.87 bits per heavy atom. The van der Waals surface area contributed by atoms with Gasteiger partial charge in [-0.05, 0) is 43.9 Å². The average Bonchev–Trinajstić information content (AvgIpc) is 3.44. The minimum absolute atomic E-state index is 0.0910. The van der Waals surface area contributed by atoms with Crippen molar-refractivity contribution in [1.29, 1.82) is 0 Å². The number of carbonyl (C=O) groups is 2. The summed E-state index contributed by atoms with van der Waals surface area (Å²) in [6, 6.07) is 17.6. The Bertz CT molecular complexity index is 1020. The summed E-state index contributed by atoms with van der Waals surface area (Å²) in [7, 11) is 0. The number of aryl methyl sites for hydroxylation is 2. The first-order valence-electron chi connectivity index (χ1n) is 10.1. The first-order chi connectivity index (χ1) is 14.6. The van der Waals surface area contributed by atoms with Crippen LogP contribution >= 0.6 is 11.3 Å². The van der Waals surface area contributed by atoms with Crippen LogP contribution in [0.2, 0.25) is 0 Å². The lowest BCUT2D eigenvalue weighted by molar-refractivity contribution is -0.132. The fourth-order valence-corrected chi connectivity index (χ4v) is 4.53. The molecule has 1 saturated heterocycles. The van der Waals surface area contributed by atoms with Gasteiger partial charge in [-0.25, -0.2) is 0 Å². The lowest BCUT2D eigenvalue weighted by Crippen LogP contribution is -2.30. The summed E-state index contributed by atoms with van der Waals surface area (Å²) in [5, 5.41) is 12.2. The number of hydrogen-bond acceptors (Lipinski definition) is 5. The second-order valence-electron chi connectivity index (χ2n) is 7.50. The Morgan fingerprint density at radius 3 is 2.63 bits per heavy atom. The molecule has 0 spiro atoms. The van der Waals surface area contributed by atoms with Crippen LogP contribution < -0.4 is 5.32 Å². The quantitative estimate of drug-likeness (QED) is 0.642. The van der Waals surface area contributed by atoms with E-state index in [1.165, 1.54) is 11.3 Å². The molecule has 2 heterocycles. The first-order valence-corrected chi connectivity index (χ1v) is 11.0. The maximum atomic E-state index is 12.8. The molecular weight excluding hydrogens is 396 g/mol. The van der Waals surface area contributed by atoms with E-state index in [1.807, 2.05) is 66.4 Å². The van der Waals surface area contributed by atoms with Gasteiger partial charge in [0.15, 0.2) is 0 Å². The molecule has 3 aromatic rings. The number of hydrogen-bond donors (Lipinski definition) is 1. The van der Waals surface area contributed by atoms with Gasteiger partial charge in [0.2, 0.25) is 10.9 Å². The third-order valence-corrected chi connectivity index (χ3v) is 6.30. The van der Waals surface area contributed by atoms with Crippen LogP contribution in [0, 0.1) is 6.92 Å². The van der Waals surface area contributed by atoms with Crippen molar-refractivity contribution in [2.75, 3.05) is 11.9 Å². The van der Waals surface area contributed by atoms with Crippen LogP contribution in [0.5, 0.6) is 0 Å². The van der Waals surface area contributed by atoms with Crippen molar-refractivity contribution in [2.45, 2.75) is 38.6 Å². The topological polar surface area (TPSA) is 75.2 Å². The largest absolute Gasteiger partial charge is 0.333 e. The van der Waals surface area contributed by atoms with Crippen molar-refractivity contribution in [3.63, 3.8) is 0 Å². The van der Waals surface area contributed by atoms with E-state index in [1.54, 1.807) is 0 Å². The van der Waals surface area contributed by atoms with Gasteiger partial charge in [-0.3, -0.25) is 9.59 Å². The van der Waals surface area contributed by atoms with Crippen LogP contribution in [0.1, 0.15) is 51.2 Å². The Hall–Kier alpha value is -3.06. The predicted octanol–water partition coefficient (Wildman–Crippen LogP) is 4.40. The van der Waals surface area contributed by atoms with E-state index in [4.69, 9.17) is 0 Å². The third-order valence-electron chi connectivity index (χ3n) is 5.27. The van der Waals surface area contributed by atoms with Crippen molar-refractivity contribution in [3.8, 4) is 0 Å². The molecule has 2 aromatic carbocycles. The number of anilines is 1. The van der Waals surface area contributed by atoms with Crippen LogP contribution in [0.4, 0.5) is 5.69 Å². The first kappa shape index (κ1) is 20.2. The molecule has 6 nitrogen and oxygen atoms in total. The second kappa shape index (κ2) is 9.17. The summed E-state index contributed by atoms with van der Waals surface area (Å²) in [6.07, 6.45) is 2.99. The zero-order valence-electron chi connectivity index (χ0n) is 16.9. The number of rotatable bonds is 6. The molecule has 1 aromatic heterocycles. The molecule has 1 atom stereocenters. The van der Waals surface area contributed by atoms with Crippen LogP contribution in [-0.4, -0.2) is 33.5 Å². The smallest absolute Gasteiger partial charge is 0.286 e. The highest BCUT2D eigenvalue weighted by Crippen LogP contribution is 2.34. The van der Waals surface area contributed by atoms with Crippen LogP contribution in [-0.2, 0) is 11.2 Å². The number of aromatic nitrogens is 2. The SMILES string of the molecule is Cc1ccc(NC(=O)c2nnc([C@H]3CCCN3C(=O)CCc3ccccc3)s2)cc1. The number of carbonyl (C=O) groups excluding carboxylic acids is 2. The Morgan fingerprint density at radius 1 is 1.10 bits per heavy atom. The van der Waals surface area contributed by atoms with Gasteiger partial charge in [-0.15, -0.1) is 10.2 Å². The minimum Gasteiger partial charge on any atom is -0.333 e. The van der Waals surface area contributed by atoms with Gasteiger partial charge in [0.1, 0.15) is 5.01 Å². The lowest BCUT2D eigenvalue weighted by atomic mass is 10.1. The summed E-state index contributed by atoms with van der Waals surface area (Å²) in [6.45, 7) is 2.72. The van der Waals surface area contributed by atoms with Gasteiger partial charge in [0.05, 0.1) is 6.04 Å². The molecule has 1 aliphatic heterocycles. The summed E-state index contributed by atoms with van der Waals surface area (Å²) in [5.74, 6) is -0.148. The predicted molar refractivity (Wildman–Crippen MR) is 117 cm³/mol. The van der Waals surface area contributed by atoms with Crippen molar-refractivity contribution >= 4 is 28.8 Å². The van der Waals surface area contributed by atoms with Crippen molar-refractivity contribution in [1.82, 2.24) is 15.1 Å². The average molecular weight is 421 g/mol. The molecule has 0 radical (unpaired) electrons. The van der Waals surface area contributed by atoms with E-state index in [9.17, 15) is 9.59 Å². The van der Waals surface area contributed by atoms with Gasteiger partial charge in [0, 0.05) is 18.7 Å². The molecule has 2 amide bonds. The highest BCUT2D eigenvalue weighted by Gasteiger charge is 2.32. The fourth-order valence-electron chi connectivity index (χ4n) is 3.64. The maximum Gasteiger partial charge on any atom is 0.286 e. The summed E-state index contributed by atoms with van der Waals surface area (Å²) >= 11 is 1.27. The molecule has 0 unspecified atom stereocenters. The highest BCUT2D eigenvalue weighted by molar-refractivity contribution is 7.13. The molecule has 1 aliphatic rings.